The molecule has 6 aromatic rings. The first-order chi connectivity index (χ1) is 24.9. The predicted octanol–water partition coefficient (Wildman–Crippen LogP) is 0.926. The molecule has 0 aliphatic heterocycles. The maximum Gasteiger partial charge on any atom is 0.221 e. The van der Waals surface area contributed by atoms with E-state index < -0.39 is 0 Å². The van der Waals surface area contributed by atoms with Crippen molar-refractivity contribution in [1.29, 1.82) is 10.5 Å². The van der Waals surface area contributed by atoms with E-state index in [2.05, 4.69) is 32.0 Å². The van der Waals surface area contributed by atoms with Crippen LogP contribution in [0.4, 0.5) is 22.7 Å². The Morgan fingerprint density at radius 2 is 0.963 bits per heavy atom. The molecule has 0 saturated carbocycles. The van der Waals surface area contributed by atoms with Crippen molar-refractivity contribution in [2.24, 2.45) is 0 Å². The molecule has 0 aliphatic carbocycles. The van der Waals surface area contributed by atoms with Crippen molar-refractivity contribution < 1.29 is 30.3 Å². The molecule has 0 unspecified atom stereocenters. The Balaban J connectivity index is 0.000000394. The number of para-hydroxylation sites is 4. The van der Waals surface area contributed by atoms with Gasteiger partial charge in [-0.25, -0.2) is 19.8 Å². The van der Waals surface area contributed by atoms with E-state index in [1.807, 2.05) is 18.2 Å². The molecule has 6 aromatic carbocycles. The molecule has 54 heavy (non-hydrogen) atoms. The van der Waals surface area contributed by atoms with Gasteiger partial charge in [0.1, 0.15) is 11.6 Å². The number of nitrogens with zero attached hydrogens (tertiary/aromatic N) is 3. The largest absolute Gasteiger partial charge is 1.00 e. The number of hydrogen-bond acceptors (Lipinski definition) is 5. The minimum atomic E-state index is -0.0468. The van der Waals surface area contributed by atoms with E-state index in [0.717, 1.165) is 11.4 Å². The number of nitrogens with one attached hydrogen (secondary N) is 3. The van der Waals surface area contributed by atoms with Crippen molar-refractivity contribution in [3.63, 3.8) is 0 Å². The Kier molecular flexibility index (Phi) is 21.3. The van der Waals surface area contributed by atoms with Crippen molar-refractivity contribution >= 4 is 98.0 Å². The first-order valence-electron chi connectivity index (χ1n) is 15.4. The van der Waals surface area contributed by atoms with Crippen LogP contribution < -0.4 is 30.3 Å². The third-order valence-corrected chi connectivity index (χ3v) is 6.96. The molecule has 6 rings (SSSR count). The summed E-state index contributed by atoms with van der Waals surface area (Å²) in [6.45, 7) is 6.83. The molecule has 0 amide bonds. The Morgan fingerprint density at radius 1 is 0.500 bits per heavy atom. The quantitative estimate of drug-likeness (QED) is 0.135. The molecule has 252 valence electrons. The van der Waals surface area contributed by atoms with Gasteiger partial charge in [0.05, 0.1) is 18.2 Å². The van der Waals surface area contributed by atoms with E-state index in [-0.39, 0.29) is 73.8 Å². The van der Waals surface area contributed by atoms with Crippen LogP contribution >= 0.6 is 0 Å². The van der Waals surface area contributed by atoms with Gasteiger partial charge < -0.3 is 71.9 Å². The van der Waals surface area contributed by atoms with E-state index in [1.54, 1.807) is 128 Å². The van der Waals surface area contributed by atoms with Gasteiger partial charge in [-0.1, -0.05) is 90.0 Å². The summed E-state index contributed by atoms with van der Waals surface area (Å²) < 4.78 is 0. The van der Waals surface area contributed by atoms with Crippen LogP contribution in [-0.2, 0) is 0 Å². The van der Waals surface area contributed by atoms with Gasteiger partial charge in [0.15, 0.2) is 24.3 Å². The standard InChI is InChI=1S/3C14H10N2O.3Li/c1-15-12-6-8-13(9-7-12)16-10-11-4-2-3-5-14(11)17;15-9-11-5-1-3-7-13(11)16-10-12-6-2-4-8-14(12)17;15-9-11-4-3-6-13(8-11)16-10-12-5-1-2-7-14(12)17;;;/h2-10,17H;2*1-8,10,17H;;;/q;;;3*-1. The molecule has 0 fully saturated rings. The summed E-state index contributed by atoms with van der Waals surface area (Å²) in [6.07, 6.45) is 4.91. The van der Waals surface area contributed by atoms with Gasteiger partial charge in [0.25, 0.3) is 0 Å². The average Bonchev–Trinajstić information content (AvgIpc) is 3.18. The summed E-state index contributed by atoms with van der Waals surface area (Å²) in [5.74, 6) is -0.0938. The van der Waals surface area contributed by atoms with Crippen LogP contribution in [0.5, 0.6) is 17.2 Å². The minimum absolute atomic E-state index is 0. The molecule has 0 heterocycles. The van der Waals surface area contributed by atoms with E-state index in [4.69, 9.17) is 17.1 Å². The SMILES string of the molecule is N#Cc1cccc([NH+]=Cc2ccccc2[O-])c1.N#Cc1ccccc1[NH+]=Cc1ccccc1[O-].[C-]#[N+]c1ccc([NH+]=Cc2ccccc2[O-])cc1.[Li-].[Li-].[Li-]. The van der Waals surface area contributed by atoms with E-state index in [0.29, 0.717) is 39.2 Å². The van der Waals surface area contributed by atoms with Crippen LogP contribution in [0.2, 0.25) is 0 Å². The summed E-state index contributed by atoms with van der Waals surface area (Å²) in [7, 11) is 0. The normalized spacial score (nSPS) is 9.72. The molecule has 0 aromatic heterocycles. The third kappa shape index (κ3) is 14.9. The second-order valence-electron chi connectivity index (χ2n) is 10.5. The zero-order valence-electron chi connectivity index (χ0n) is 30.2. The van der Waals surface area contributed by atoms with Gasteiger partial charge in [-0.3, -0.25) is 0 Å². The van der Waals surface area contributed by atoms with E-state index >= 15 is 0 Å². The summed E-state index contributed by atoms with van der Waals surface area (Å²) in [5.41, 5.74) is 5.83. The average molecular weight is 688 g/mol. The van der Waals surface area contributed by atoms with Crippen molar-refractivity contribution in [2.75, 3.05) is 0 Å². The molecular formula is C42H30Li3N6O3-3. The van der Waals surface area contributed by atoms with Crippen molar-refractivity contribution in [2.45, 2.75) is 0 Å². The number of benzene rings is 6. The Hall–Kier alpha value is -6.01. The van der Waals surface area contributed by atoms with Crippen LogP contribution in [-0.4, -0.2) is 75.2 Å². The minimum Gasteiger partial charge on any atom is -1.00 e. The monoisotopic (exact) mass is 687 g/mol. The van der Waals surface area contributed by atoms with Gasteiger partial charge in [-0.2, -0.15) is 10.5 Å². The Labute approximate surface area is 350 Å². The van der Waals surface area contributed by atoms with Gasteiger partial charge in [-0.05, 0) is 54.6 Å². The van der Waals surface area contributed by atoms with Crippen LogP contribution in [0.15, 0.2) is 146 Å². The van der Waals surface area contributed by atoms with E-state index in [1.165, 1.54) is 18.2 Å². The smallest absolute Gasteiger partial charge is 0.221 e. The van der Waals surface area contributed by atoms with Crippen molar-refractivity contribution in [1.82, 2.24) is 0 Å². The summed E-state index contributed by atoms with van der Waals surface area (Å²) in [6, 6.07) is 45.7. The van der Waals surface area contributed by atoms with Crippen molar-refractivity contribution in [3.8, 4) is 29.4 Å². The molecule has 6 radical (unpaired) electrons. The maximum absolute atomic E-state index is 11.5. The molecule has 12 heteroatoms. The maximum atomic E-state index is 11.5. The van der Waals surface area contributed by atoms with Gasteiger partial charge in [-0.15, -0.1) is 0 Å². The zero-order chi connectivity index (χ0) is 36.3. The second-order valence-corrected chi connectivity index (χ2v) is 10.5. The molecule has 0 spiro atoms. The zero-order valence-corrected chi connectivity index (χ0v) is 30.2. The fourth-order valence-corrected chi connectivity index (χ4v) is 4.29. The molecular weight excluding hydrogens is 657 g/mol. The van der Waals surface area contributed by atoms with Crippen LogP contribution in [0.25, 0.3) is 4.85 Å². The summed E-state index contributed by atoms with van der Waals surface area (Å²) >= 11 is 0. The van der Waals surface area contributed by atoms with Crippen molar-refractivity contribution in [3.05, 3.63) is 185 Å². The first kappa shape index (κ1) is 46.0. The fraction of sp³-hybridized carbons (Fsp3) is 0. The predicted molar refractivity (Wildman–Crippen MR) is 207 cm³/mol. The fourth-order valence-electron chi connectivity index (χ4n) is 4.29. The van der Waals surface area contributed by atoms with Crippen LogP contribution in [0.1, 0.15) is 27.8 Å². The third-order valence-electron chi connectivity index (χ3n) is 6.96. The molecule has 3 N–H and O–H groups in total. The number of rotatable bonds is 6. The Bertz CT molecular complexity index is 2310. The summed E-state index contributed by atoms with van der Waals surface area (Å²) in [4.78, 5) is 12.3. The van der Waals surface area contributed by atoms with E-state index in [9.17, 15) is 15.3 Å². The van der Waals surface area contributed by atoms with Crippen LogP contribution in [0.3, 0.4) is 0 Å². The molecule has 9 nitrogen and oxygen atoms in total. The topological polar surface area (TPSA) is 163 Å². The summed E-state index contributed by atoms with van der Waals surface area (Å²) in [5, 5.41) is 52.0. The number of nitriles is 2. The molecule has 0 aliphatic rings. The second kappa shape index (κ2) is 25.1. The number of hydrogen-bond donors (Lipinski definition) is 3. The van der Waals surface area contributed by atoms with Gasteiger partial charge >= 0.3 is 0 Å². The Morgan fingerprint density at radius 3 is 1.44 bits per heavy atom. The first-order valence-corrected chi connectivity index (χ1v) is 15.4. The molecule has 0 saturated heterocycles. The van der Waals surface area contributed by atoms with Crippen LogP contribution in [0, 0.1) is 29.2 Å². The molecule has 0 bridgehead atoms. The molecule has 0 atom stereocenters. The van der Waals surface area contributed by atoms with Gasteiger partial charge in [0, 0.05) is 34.9 Å². The van der Waals surface area contributed by atoms with Gasteiger partial charge in [0.2, 0.25) is 17.1 Å².